The van der Waals surface area contributed by atoms with Crippen molar-refractivity contribution in [2.75, 3.05) is 0 Å². The minimum Gasteiger partial charge on any atom is -0.508 e. The van der Waals surface area contributed by atoms with Crippen LogP contribution < -0.4 is 0 Å². The molecule has 2 heterocycles. The zero-order valence-corrected chi connectivity index (χ0v) is 12.6. The highest BCUT2D eigenvalue weighted by Gasteiger charge is 2.18. The predicted molar refractivity (Wildman–Crippen MR) is 83.9 cm³/mol. The van der Waals surface area contributed by atoms with Crippen LogP contribution in [-0.4, -0.2) is 25.6 Å². The summed E-state index contributed by atoms with van der Waals surface area (Å²) in [6.07, 6.45) is 1.71. The molecule has 0 aliphatic carbocycles. The van der Waals surface area contributed by atoms with Crippen molar-refractivity contribution in [1.82, 2.24) is 9.38 Å². The van der Waals surface area contributed by atoms with Gasteiger partial charge >= 0.3 is 5.97 Å². The zero-order chi connectivity index (χ0) is 16.6. The third-order valence-electron chi connectivity index (χ3n) is 3.39. The van der Waals surface area contributed by atoms with E-state index in [9.17, 15) is 15.0 Å². The van der Waals surface area contributed by atoms with Crippen LogP contribution in [0.3, 0.4) is 0 Å². The molecule has 3 rings (SSSR count). The molecule has 0 unspecified atom stereocenters. The molecule has 0 spiro atoms. The van der Waals surface area contributed by atoms with Crippen LogP contribution in [0.25, 0.3) is 5.65 Å². The highest BCUT2D eigenvalue weighted by atomic mass is 16.4. The molecular formula is C16H14N4O3. The summed E-state index contributed by atoms with van der Waals surface area (Å²) in [7, 11) is 0. The smallest absolute Gasteiger partial charge is 0.358 e. The summed E-state index contributed by atoms with van der Waals surface area (Å²) in [5.41, 5.74) is 2.59. The standard InChI is InChI=1S/C16H14N4O3/c1-9-5-6-20-13(7-9)17-14(16(22)23)15(20)19-18-12-4-3-11(21)8-10(12)2/h3-8,21H,1-2H3,(H,22,23). The molecular weight excluding hydrogens is 296 g/mol. The third kappa shape index (κ3) is 2.76. The molecule has 0 bridgehead atoms. The molecule has 0 aliphatic heterocycles. The van der Waals surface area contributed by atoms with Crippen molar-refractivity contribution in [2.24, 2.45) is 10.2 Å². The van der Waals surface area contributed by atoms with Crippen molar-refractivity contribution in [1.29, 1.82) is 0 Å². The van der Waals surface area contributed by atoms with Gasteiger partial charge in [-0.2, -0.15) is 0 Å². The molecule has 0 radical (unpaired) electrons. The summed E-state index contributed by atoms with van der Waals surface area (Å²) in [4.78, 5) is 15.5. The molecule has 0 aliphatic rings. The quantitative estimate of drug-likeness (QED) is 0.719. The van der Waals surface area contributed by atoms with Crippen LogP contribution in [0.1, 0.15) is 21.6 Å². The molecule has 2 N–H and O–H groups in total. The van der Waals surface area contributed by atoms with E-state index < -0.39 is 5.97 Å². The van der Waals surface area contributed by atoms with Crippen molar-refractivity contribution in [3.63, 3.8) is 0 Å². The predicted octanol–water partition coefficient (Wildman–Crippen LogP) is 3.77. The van der Waals surface area contributed by atoms with Gasteiger partial charge in [0.2, 0.25) is 0 Å². The first-order valence-corrected chi connectivity index (χ1v) is 6.89. The van der Waals surface area contributed by atoms with Gasteiger partial charge in [0.1, 0.15) is 11.4 Å². The summed E-state index contributed by atoms with van der Waals surface area (Å²) >= 11 is 0. The van der Waals surface area contributed by atoms with Gasteiger partial charge in [0, 0.05) is 6.20 Å². The largest absolute Gasteiger partial charge is 0.508 e. The Morgan fingerprint density at radius 2 is 1.96 bits per heavy atom. The number of aromatic nitrogens is 2. The Balaban J connectivity index is 2.13. The minimum atomic E-state index is -1.16. The molecule has 0 amide bonds. The normalized spacial score (nSPS) is 11.4. The maximum Gasteiger partial charge on any atom is 0.358 e. The van der Waals surface area contributed by atoms with Gasteiger partial charge in [-0.1, -0.05) is 0 Å². The number of hydrogen-bond acceptors (Lipinski definition) is 5. The van der Waals surface area contributed by atoms with Crippen LogP contribution in [0.5, 0.6) is 5.75 Å². The second-order valence-electron chi connectivity index (χ2n) is 5.19. The second kappa shape index (κ2) is 5.53. The van der Waals surface area contributed by atoms with Crippen molar-refractivity contribution in [3.8, 4) is 5.75 Å². The molecule has 116 valence electrons. The number of benzene rings is 1. The van der Waals surface area contributed by atoms with E-state index in [1.807, 2.05) is 13.0 Å². The summed E-state index contributed by atoms with van der Waals surface area (Å²) in [5.74, 6) is -0.874. The van der Waals surface area contributed by atoms with E-state index in [0.29, 0.717) is 11.3 Å². The van der Waals surface area contributed by atoms with Crippen LogP contribution >= 0.6 is 0 Å². The fraction of sp³-hybridized carbons (Fsp3) is 0.125. The maximum absolute atomic E-state index is 11.4. The van der Waals surface area contributed by atoms with Gasteiger partial charge < -0.3 is 10.2 Å². The zero-order valence-electron chi connectivity index (χ0n) is 12.6. The molecule has 7 heteroatoms. The van der Waals surface area contributed by atoms with E-state index in [1.54, 1.807) is 35.7 Å². The maximum atomic E-state index is 11.4. The van der Waals surface area contributed by atoms with E-state index >= 15 is 0 Å². The number of hydrogen-bond donors (Lipinski definition) is 2. The Labute approximate surface area is 131 Å². The topological polar surface area (TPSA) is 99.6 Å². The number of fused-ring (bicyclic) bond motifs is 1. The number of aromatic hydroxyl groups is 1. The third-order valence-corrected chi connectivity index (χ3v) is 3.39. The number of carboxylic acid groups (broad SMARTS) is 1. The Morgan fingerprint density at radius 3 is 2.65 bits per heavy atom. The van der Waals surface area contributed by atoms with Gasteiger partial charge in [0.25, 0.3) is 0 Å². The van der Waals surface area contributed by atoms with E-state index in [-0.39, 0.29) is 17.3 Å². The molecule has 0 saturated carbocycles. The van der Waals surface area contributed by atoms with Crippen LogP contribution in [0.2, 0.25) is 0 Å². The van der Waals surface area contributed by atoms with Crippen LogP contribution in [0, 0.1) is 13.8 Å². The highest BCUT2D eigenvalue weighted by Crippen LogP contribution is 2.27. The Morgan fingerprint density at radius 1 is 1.17 bits per heavy atom. The molecule has 1 aromatic carbocycles. The number of carboxylic acids is 1. The average molecular weight is 310 g/mol. The number of phenols is 1. The molecule has 2 aromatic heterocycles. The number of pyridine rings is 1. The minimum absolute atomic E-state index is 0.137. The number of azo groups is 1. The van der Waals surface area contributed by atoms with E-state index in [0.717, 1.165) is 11.1 Å². The summed E-state index contributed by atoms with van der Waals surface area (Å²) in [6.45, 7) is 3.68. The molecule has 23 heavy (non-hydrogen) atoms. The Hall–Kier alpha value is -3.22. The van der Waals surface area contributed by atoms with Gasteiger partial charge in [-0.3, -0.25) is 4.40 Å². The average Bonchev–Trinajstić information content (AvgIpc) is 2.84. The molecule has 3 aromatic rings. The fourth-order valence-electron chi connectivity index (χ4n) is 2.23. The Kier molecular flexibility index (Phi) is 3.53. The van der Waals surface area contributed by atoms with Gasteiger partial charge in [-0.25, -0.2) is 9.78 Å². The first kappa shape index (κ1) is 14.7. The first-order valence-electron chi connectivity index (χ1n) is 6.89. The summed E-state index contributed by atoms with van der Waals surface area (Å²) < 4.78 is 1.58. The molecule has 0 atom stereocenters. The SMILES string of the molecule is Cc1ccn2c(N=Nc3ccc(O)cc3C)c(C(=O)O)nc2c1. The van der Waals surface area contributed by atoms with E-state index in [4.69, 9.17) is 0 Å². The monoisotopic (exact) mass is 310 g/mol. The van der Waals surface area contributed by atoms with Crippen LogP contribution in [0.4, 0.5) is 11.5 Å². The van der Waals surface area contributed by atoms with Gasteiger partial charge in [0.15, 0.2) is 11.5 Å². The van der Waals surface area contributed by atoms with Crippen LogP contribution in [0.15, 0.2) is 46.8 Å². The lowest BCUT2D eigenvalue weighted by Gasteiger charge is -2.00. The number of nitrogens with zero attached hydrogens (tertiary/aromatic N) is 4. The van der Waals surface area contributed by atoms with Crippen molar-refractivity contribution in [3.05, 3.63) is 53.3 Å². The number of carbonyl (C=O) groups is 1. The van der Waals surface area contributed by atoms with Gasteiger partial charge in [0.05, 0.1) is 5.69 Å². The molecule has 0 fully saturated rings. The number of imidazole rings is 1. The summed E-state index contributed by atoms with van der Waals surface area (Å²) in [5, 5.41) is 26.9. The number of phenolic OH excluding ortho intramolecular Hbond substituents is 1. The first-order chi connectivity index (χ1) is 11.0. The van der Waals surface area contributed by atoms with Crippen molar-refractivity contribution < 1.29 is 15.0 Å². The highest BCUT2D eigenvalue weighted by molar-refractivity contribution is 5.91. The Bertz CT molecular complexity index is 944. The molecule has 0 saturated heterocycles. The molecule has 7 nitrogen and oxygen atoms in total. The lowest BCUT2D eigenvalue weighted by atomic mass is 10.2. The van der Waals surface area contributed by atoms with Crippen LogP contribution in [-0.2, 0) is 0 Å². The fourth-order valence-corrected chi connectivity index (χ4v) is 2.23. The lowest BCUT2D eigenvalue weighted by molar-refractivity contribution is 0.0692. The number of rotatable bonds is 3. The number of aromatic carboxylic acids is 1. The number of aryl methyl sites for hydroxylation is 2. The van der Waals surface area contributed by atoms with E-state index in [2.05, 4.69) is 15.2 Å². The second-order valence-corrected chi connectivity index (χ2v) is 5.19. The van der Waals surface area contributed by atoms with Gasteiger partial charge in [-0.15, -0.1) is 10.2 Å². The lowest BCUT2D eigenvalue weighted by Crippen LogP contribution is -1.96. The van der Waals surface area contributed by atoms with Gasteiger partial charge in [-0.05, 0) is 55.3 Å². The van der Waals surface area contributed by atoms with Crippen molar-refractivity contribution >= 4 is 23.1 Å². The van der Waals surface area contributed by atoms with Crippen molar-refractivity contribution in [2.45, 2.75) is 13.8 Å². The summed E-state index contributed by atoms with van der Waals surface area (Å²) in [6, 6.07) is 8.28. The van der Waals surface area contributed by atoms with E-state index in [1.165, 1.54) is 6.07 Å².